The van der Waals surface area contributed by atoms with Gasteiger partial charge in [0, 0.05) is 16.5 Å². The van der Waals surface area contributed by atoms with Gasteiger partial charge in [0.05, 0.1) is 5.60 Å². The van der Waals surface area contributed by atoms with Crippen LogP contribution in [0.4, 0.5) is 0 Å². The first kappa shape index (κ1) is 13.0. The number of halogens is 1. The van der Waals surface area contributed by atoms with E-state index in [1.807, 2.05) is 0 Å². The van der Waals surface area contributed by atoms with Crippen LogP contribution in [0.5, 0.6) is 0 Å². The van der Waals surface area contributed by atoms with Crippen LogP contribution in [0.1, 0.15) is 27.2 Å². The highest BCUT2D eigenvalue weighted by Crippen LogP contribution is 2.73. The number of hydrogen-bond acceptors (Lipinski definition) is 4. The molecule has 4 nitrogen and oxygen atoms in total. The Labute approximate surface area is 116 Å². The Morgan fingerprint density at radius 1 is 1.53 bits per heavy atom. The molecule has 19 heavy (non-hydrogen) atoms. The van der Waals surface area contributed by atoms with Crippen LogP contribution in [0.25, 0.3) is 0 Å². The summed E-state index contributed by atoms with van der Waals surface area (Å²) < 4.78 is 5.56. The fraction of sp³-hybridized carbons (Fsp3) is 0.571. The van der Waals surface area contributed by atoms with Gasteiger partial charge < -0.3 is 9.84 Å². The fourth-order valence-electron chi connectivity index (χ4n) is 3.55. The maximum absolute atomic E-state index is 12.5. The SMILES string of the molecule is C/C=C(\Cl)C1=CC(=O)[C@]23C[C@H]2C(C)(C)O[C@]3(O)C1=O. The van der Waals surface area contributed by atoms with Crippen molar-refractivity contribution in [3.05, 3.63) is 22.8 Å². The highest BCUT2D eigenvalue weighted by atomic mass is 35.5. The second kappa shape index (κ2) is 3.37. The van der Waals surface area contributed by atoms with Crippen LogP contribution in [0.2, 0.25) is 0 Å². The van der Waals surface area contributed by atoms with Crippen molar-refractivity contribution in [1.29, 1.82) is 0 Å². The van der Waals surface area contributed by atoms with Crippen LogP contribution in [-0.4, -0.2) is 28.1 Å². The zero-order valence-corrected chi connectivity index (χ0v) is 11.7. The lowest BCUT2D eigenvalue weighted by Gasteiger charge is -2.35. The molecule has 0 unspecified atom stereocenters. The third-order valence-corrected chi connectivity index (χ3v) is 5.02. The van der Waals surface area contributed by atoms with Crippen molar-refractivity contribution in [1.82, 2.24) is 0 Å². The maximum atomic E-state index is 12.5. The van der Waals surface area contributed by atoms with Crippen LogP contribution >= 0.6 is 11.6 Å². The van der Waals surface area contributed by atoms with Crippen LogP contribution in [0, 0.1) is 11.3 Å². The van der Waals surface area contributed by atoms with Gasteiger partial charge in [-0.3, -0.25) is 9.59 Å². The monoisotopic (exact) mass is 282 g/mol. The number of allylic oxidation sites excluding steroid dienone is 3. The minimum absolute atomic E-state index is 0.0330. The first-order chi connectivity index (χ1) is 8.70. The number of aliphatic hydroxyl groups is 1. The average Bonchev–Trinajstić information content (AvgIpc) is 3.05. The van der Waals surface area contributed by atoms with Gasteiger partial charge >= 0.3 is 0 Å². The summed E-state index contributed by atoms with van der Waals surface area (Å²) in [4.78, 5) is 24.8. The molecule has 1 saturated carbocycles. The standard InChI is InChI=1S/C14H15ClO4/c1-4-8(15)7-5-10(16)13-6-9(13)12(2,3)19-14(13,18)11(7)17/h4-5,9,18H,6H2,1-3H3/b8-4-/t9-,13-,14+/m0/s1. The van der Waals surface area contributed by atoms with E-state index in [4.69, 9.17) is 16.3 Å². The van der Waals surface area contributed by atoms with E-state index in [0.29, 0.717) is 6.42 Å². The Morgan fingerprint density at radius 2 is 2.16 bits per heavy atom. The molecule has 0 aromatic heterocycles. The van der Waals surface area contributed by atoms with Gasteiger partial charge in [-0.1, -0.05) is 17.7 Å². The molecule has 0 radical (unpaired) electrons. The number of ketones is 2. The summed E-state index contributed by atoms with van der Waals surface area (Å²) in [5, 5.41) is 10.8. The van der Waals surface area contributed by atoms with Crippen molar-refractivity contribution in [3.8, 4) is 0 Å². The van der Waals surface area contributed by atoms with E-state index in [0.717, 1.165) is 0 Å². The van der Waals surface area contributed by atoms with E-state index in [2.05, 4.69) is 0 Å². The molecular formula is C14H15ClO4. The van der Waals surface area contributed by atoms with Crippen LogP contribution in [-0.2, 0) is 14.3 Å². The summed E-state index contributed by atoms with van der Waals surface area (Å²) in [5.41, 5.74) is -1.75. The Bertz CT molecular complexity index is 574. The van der Waals surface area contributed by atoms with Crippen molar-refractivity contribution in [2.75, 3.05) is 0 Å². The molecule has 2 aliphatic carbocycles. The second-order valence-electron chi connectivity index (χ2n) is 5.97. The van der Waals surface area contributed by atoms with Gasteiger partial charge in [0.1, 0.15) is 5.41 Å². The van der Waals surface area contributed by atoms with Gasteiger partial charge in [-0.05, 0) is 33.3 Å². The van der Waals surface area contributed by atoms with E-state index in [1.54, 1.807) is 20.8 Å². The highest BCUT2D eigenvalue weighted by molar-refractivity contribution is 6.37. The first-order valence-electron chi connectivity index (χ1n) is 6.26. The zero-order chi connectivity index (χ0) is 14.2. The number of rotatable bonds is 1. The van der Waals surface area contributed by atoms with E-state index in [9.17, 15) is 14.7 Å². The van der Waals surface area contributed by atoms with Crippen LogP contribution in [0.3, 0.4) is 0 Å². The van der Waals surface area contributed by atoms with Gasteiger partial charge in [0.2, 0.25) is 11.6 Å². The molecule has 102 valence electrons. The van der Waals surface area contributed by atoms with Crippen LogP contribution in [0.15, 0.2) is 22.8 Å². The molecule has 0 amide bonds. The van der Waals surface area contributed by atoms with E-state index >= 15 is 0 Å². The molecule has 1 spiro atoms. The Balaban J connectivity index is 2.16. The van der Waals surface area contributed by atoms with Crippen molar-refractivity contribution < 1.29 is 19.4 Å². The molecule has 1 N–H and O–H groups in total. The summed E-state index contributed by atoms with van der Waals surface area (Å²) in [6.45, 7) is 5.25. The van der Waals surface area contributed by atoms with Gasteiger partial charge in [-0.15, -0.1) is 0 Å². The maximum Gasteiger partial charge on any atom is 0.245 e. The molecule has 0 aromatic rings. The lowest BCUT2D eigenvalue weighted by atomic mass is 9.77. The smallest absolute Gasteiger partial charge is 0.245 e. The predicted molar refractivity (Wildman–Crippen MR) is 68.4 cm³/mol. The number of carbonyl (C=O) groups is 2. The minimum Gasteiger partial charge on any atom is -0.358 e. The summed E-state index contributed by atoms with van der Waals surface area (Å²) in [6.07, 6.45) is 3.26. The quantitative estimate of drug-likeness (QED) is 0.795. The lowest BCUT2D eigenvalue weighted by molar-refractivity contribution is -0.238. The lowest BCUT2D eigenvalue weighted by Crippen LogP contribution is -2.54. The molecule has 5 heteroatoms. The Kier molecular flexibility index (Phi) is 2.31. The number of ether oxygens (including phenoxy) is 1. The van der Waals surface area contributed by atoms with Crippen molar-refractivity contribution in [2.45, 2.75) is 38.6 Å². The molecule has 2 fully saturated rings. The number of hydrogen-bond donors (Lipinski definition) is 1. The summed E-state index contributed by atoms with van der Waals surface area (Å²) in [7, 11) is 0. The largest absolute Gasteiger partial charge is 0.358 e. The van der Waals surface area contributed by atoms with Gasteiger partial charge in [0.25, 0.3) is 0 Å². The van der Waals surface area contributed by atoms with Crippen LogP contribution < -0.4 is 0 Å². The molecule has 0 aromatic carbocycles. The summed E-state index contributed by atoms with van der Waals surface area (Å²) >= 11 is 5.94. The third kappa shape index (κ3) is 1.27. The van der Waals surface area contributed by atoms with Gasteiger partial charge in [-0.25, -0.2) is 0 Å². The fourth-order valence-corrected chi connectivity index (χ4v) is 3.69. The van der Waals surface area contributed by atoms with Crippen molar-refractivity contribution in [3.63, 3.8) is 0 Å². The molecule has 1 aliphatic heterocycles. The third-order valence-electron chi connectivity index (χ3n) is 4.59. The van der Waals surface area contributed by atoms with Crippen molar-refractivity contribution in [2.24, 2.45) is 11.3 Å². The average molecular weight is 283 g/mol. The molecule has 0 bridgehead atoms. The molecule has 3 rings (SSSR count). The minimum atomic E-state index is -2.06. The zero-order valence-electron chi connectivity index (χ0n) is 11.0. The molecule has 1 saturated heterocycles. The normalized spacial score (nSPS) is 43.7. The Morgan fingerprint density at radius 3 is 2.68 bits per heavy atom. The topological polar surface area (TPSA) is 63.6 Å². The molecule has 3 atom stereocenters. The van der Waals surface area contributed by atoms with E-state index in [1.165, 1.54) is 12.2 Å². The molecule has 1 heterocycles. The highest BCUT2D eigenvalue weighted by Gasteiger charge is 2.84. The summed E-state index contributed by atoms with van der Waals surface area (Å²) in [6, 6.07) is 0. The van der Waals surface area contributed by atoms with Gasteiger partial charge in [0.15, 0.2) is 5.78 Å². The van der Waals surface area contributed by atoms with E-state index in [-0.39, 0.29) is 22.3 Å². The van der Waals surface area contributed by atoms with E-state index < -0.39 is 22.6 Å². The van der Waals surface area contributed by atoms with Gasteiger partial charge in [-0.2, -0.15) is 0 Å². The second-order valence-corrected chi connectivity index (χ2v) is 6.37. The number of carbonyl (C=O) groups excluding carboxylic acids is 2. The Hall–Kier alpha value is -0.970. The molecule has 3 aliphatic rings. The predicted octanol–water partition coefficient (Wildman–Crippen LogP) is 1.71. The number of Topliss-reactive ketones (excluding diaryl/α,β-unsaturated/α-hetero) is 1. The van der Waals surface area contributed by atoms with Crippen molar-refractivity contribution >= 4 is 23.2 Å². The summed E-state index contributed by atoms with van der Waals surface area (Å²) in [5.74, 6) is -3.06. The molecular weight excluding hydrogens is 268 g/mol. The first-order valence-corrected chi connectivity index (χ1v) is 6.64.